The van der Waals surface area contributed by atoms with Gasteiger partial charge in [-0.05, 0) is 47.0 Å². The van der Waals surface area contributed by atoms with Gasteiger partial charge in [-0.25, -0.2) is 9.97 Å². The van der Waals surface area contributed by atoms with E-state index in [2.05, 4.69) is 31.2 Å². The van der Waals surface area contributed by atoms with E-state index in [-0.39, 0.29) is 18.5 Å². The number of rotatable bonds is 4. The molecule has 0 aliphatic rings. The third kappa shape index (κ3) is 3.77. The number of amides is 1. The summed E-state index contributed by atoms with van der Waals surface area (Å²) in [5.74, 6) is 0.660. The van der Waals surface area contributed by atoms with Gasteiger partial charge in [0, 0.05) is 12.4 Å². The molecular formula is C14H14BrN3O2. The Morgan fingerprint density at radius 2 is 2.00 bits per heavy atom. The first-order valence-corrected chi connectivity index (χ1v) is 6.82. The Balaban J connectivity index is 1.92. The Kier molecular flexibility index (Phi) is 4.68. The minimum absolute atomic E-state index is 0.0796. The average molecular weight is 336 g/mol. The minimum atomic E-state index is -0.298. The maximum atomic E-state index is 11.7. The Hall–Kier alpha value is -1.95. The molecular weight excluding hydrogens is 322 g/mol. The van der Waals surface area contributed by atoms with Crippen molar-refractivity contribution in [2.45, 2.75) is 13.8 Å². The molecule has 5 nitrogen and oxygen atoms in total. The van der Waals surface area contributed by atoms with E-state index in [0.29, 0.717) is 5.75 Å². The van der Waals surface area contributed by atoms with E-state index in [1.54, 1.807) is 12.4 Å². The van der Waals surface area contributed by atoms with Gasteiger partial charge >= 0.3 is 0 Å². The molecule has 0 saturated carbocycles. The van der Waals surface area contributed by atoms with Crippen molar-refractivity contribution in [1.29, 1.82) is 0 Å². The van der Waals surface area contributed by atoms with Gasteiger partial charge in [-0.15, -0.1) is 0 Å². The van der Waals surface area contributed by atoms with Crippen LogP contribution in [0.5, 0.6) is 5.75 Å². The van der Waals surface area contributed by atoms with E-state index in [0.717, 1.165) is 15.6 Å². The smallest absolute Gasteiger partial charge is 0.264 e. The maximum Gasteiger partial charge on any atom is 0.264 e. The molecule has 1 heterocycles. The van der Waals surface area contributed by atoms with Crippen LogP contribution in [0, 0.1) is 13.8 Å². The van der Waals surface area contributed by atoms with E-state index in [1.807, 2.05) is 32.0 Å². The predicted molar refractivity (Wildman–Crippen MR) is 79.8 cm³/mol. The number of aryl methyl sites for hydroxylation is 1. The zero-order valence-corrected chi connectivity index (χ0v) is 12.8. The number of hydrogen-bond acceptors (Lipinski definition) is 4. The third-order valence-corrected chi connectivity index (χ3v) is 3.19. The number of carbonyl (C=O) groups excluding carboxylic acids is 1. The lowest BCUT2D eigenvalue weighted by Gasteiger charge is -2.10. The van der Waals surface area contributed by atoms with Crippen molar-refractivity contribution in [3.63, 3.8) is 0 Å². The highest BCUT2D eigenvalue weighted by molar-refractivity contribution is 9.10. The van der Waals surface area contributed by atoms with Crippen molar-refractivity contribution < 1.29 is 9.53 Å². The number of benzene rings is 1. The van der Waals surface area contributed by atoms with Gasteiger partial charge in [0.1, 0.15) is 5.75 Å². The lowest BCUT2D eigenvalue weighted by atomic mass is 10.1. The SMILES string of the molecule is Cc1cccc(OCC(=O)Nc2ncc(Br)cn2)c1C. The van der Waals surface area contributed by atoms with Gasteiger partial charge < -0.3 is 4.74 Å². The highest BCUT2D eigenvalue weighted by Crippen LogP contribution is 2.20. The van der Waals surface area contributed by atoms with Crippen LogP contribution in [-0.2, 0) is 4.79 Å². The monoisotopic (exact) mass is 335 g/mol. The summed E-state index contributed by atoms with van der Waals surface area (Å²) in [6.45, 7) is 3.88. The summed E-state index contributed by atoms with van der Waals surface area (Å²) in [5.41, 5.74) is 2.15. The minimum Gasteiger partial charge on any atom is -0.483 e. The summed E-state index contributed by atoms with van der Waals surface area (Å²) in [6, 6.07) is 5.73. The molecule has 0 fully saturated rings. The van der Waals surface area contributed by atoms with Gasteiger partial charge in [-0.2, -0.15) is 0 Å². The first-order valence-electron chi connectivity index (χ1n) is 6.02. The third-order valence-electron chi connectivity index (χ3n) is 2.79. The van der Waals surface area contributed by atoms with E-state index >= 15 is 0 Å². The number of aromatic nitrogens is 2. The molecule has 0 spiro atoms. The molecule has 2 rings (SSSR count). The van der Waals surface area contributed by atoms with Crippen LogP contribution in [0.3, 0.4) is 0 Å². The van der Waals surface area contributed by atoms with E-state index < -0.39 is 0 Å². The fraction of sp³-hybridized carbons (Fsp3) is 0.214. The van der Waals surface area contributed by atoms with Gasteiger partial charge in [0.25, 0.3) is 5.91 Å². The van der Waals surface area contributed by atoms with Crippen LogP contribution in [0.2, 0.25) is 0 Å². The molecule has 1 N–H and O–H groups in total. The number of nitrogens with zero attached hydrogens (tertiary/aromatic N) is 2. The van der Waals surface area contributed by atoms with Gasteiger partial charge in [-0.1, -0.05) is 12.1 Å². The summed E-state index contributed by atoms with van der Waals surface area (Å²) >= 11 is 3.23. The molecule has 1 aromatic heterocycles. The Bertz CT molecular complexity index is 614. The van der Waals surface area contributed by atoms with Crippen LogP contribution >= 0.6 is 15.9 Å². The molecule has 0 unspecified atom stereocenters. The van der Waals surface area contributed by atoms with Gasteiger partial charge in [0.15, 0.2) is 6.61 Å². The standard InChI is InChI=1S/C14H14BrN3O2/c1-9-4-3-5-12(10(9)2)20-8-13(19)18-14-16-6-11(15)7-17-14/h3-7H,8H2,1-2H3,(H,16,17,18,19). The van der Waals surface area contributed by atoms with Crippen LogP contribution in [0.25, 0.3) is 0 Å². The van der Waals surface area contributed by atoms with Crippen LogP contribution in [0.1, 0.15) is 11.1 Å². The van der Waals surface area contributed by atoms with Crippen molar-refractivity contribution in [2.24, 2.45) is 0 Å². The fourth-order valence-corrected chi connectivity index (χ4v) is 1.77. The summed E-state index contributed by atoms with van der Waals surface area (Å²) in [4.78, 5) is 19.7. The molecule has 2 aromatic rings. The van der Waals surface area contributed by atoms with E-state index in [1.165, 1.54) is 0 Å². The Morgan fingerprint density at radius 1 is 1.30 bits per heavy atom. The van der Waals surface area contributed by atoms with Crippen molar-refractivity contribution in [3.8, 4) is 5.75 Å². The van der Waals surface area contributed by atoms with Gasteiger partial charge in [0.2, 0.25) is 5.95 Å². The zero-order chi connectivity index (χ0) is 14.5. The molecule has 104 valence electrons. The van der Waals surface area contributed by atoms with E-state index in [4.69, 9.17) is 4.74 Å². The lowest BCUT2D eigenvalue weighted by Crippen LogP contribution is -2.21. The fourth-order valence-electron chi connectivity index (χ4n) is 1.56. The highest BCUT2D eigenvalue weighted by Gasteiger charge is 2.07. The molecule has 0 bridgehead atoms. The second-order valence-corrected chi connectivity index (χ2v) is 5.18. The predicted octanol–water partition coefficient (Wildman–Crippen LogP) is 2.87. The lowest BCUT2D eigenvalue weighted by molar-refractivity contribution is -0.118. The van der Waals surface area contributed by atoms with Crippen molar-refractivity contribution in [2.75, 3.05) is 11.9 Å². The number of carbonyl (C=O) groups is 1. The average Bonchev–Trinajstić information content (AvgIpc) is 2.43. The number of hydrogen-bond donors (Lipinski definition) is 1. The summed E-state index contributed by atoms with van der Waals surface area (Å²) in [5, 5.41) is 2.57. The summed E-state index contributed by atoms with van der Waals surface area (Å²) in [7, 11) is 0. The maximum absolute atomic E-state index is 11.7. The van der Waals surface area contributed by atoms with Crippen molar-refractivity contribution in [1.82, 2.24) is 9.97 Å². The first-order chi connectivity index (χ1) is 9.56. The molecule has 1 amide bonds. The van der Waals surface area contributed by atoms with Crippen LogP contribution in [-0.4, -0.2) is 22.5 Å². The number of nitrogens with one attached hydrogen (secondary N) is 1. The van der Waals surface area contributed by atoms with E-state index in [9.17, 15) is 4.79 Å². The second kappa shape index (κ2) is 6.47. The van der Waals surface area contributed by atoms with Crippen molar-refractivity contribution in [3.05, 3.63) is 46.2 Å². The summed E-state index contributed by atoms with van der Waals surface area (Å²) < 4.78 is 6.25. The largest absolute Gasteiger partial charge is 0.483 e. The Labute approximate surface area is 125 Å². The molecule has 6 heteroatoms. The number of anilines is 1. The summed E-state index contributed by atoms with van der Waals surface area (Å²) in [6.07, 6.45) is 3.13. The highest BCUT2D eigenvalue weighted by atomic mass is 79.9. The molecule has 20 heavy (non-hydrogen) atoms. The van der Waals surface area contributed by atoms with Crippen LogP contribution in [0.4, 0.5) is 5.95 Å². The quantitative estimate of drug-likeness (QED) is 0.932. The van der Waals surface area contributed by atoms with Crippen molar-refractivity contribution >= 4 is 27.8 Å². The van der Waals surface area contributed by atoms with Crippen LogP contribution in [0.15, 0.2) is 35.1 Å². The molecule has 0 radical (unpaired) electrons. The van der Waals surface area contributed by atoms with Gasteiger partial charge in [0.05, 0.1) is 4.47 Å². The molecule has 0 aliphatic carbocycles. The first kappa shape index (κ1) is 14.5. The molecule has 0 atom stereocenters. The van der Waals surface area contributed by atoms with Gasteiger partial charge in [-0.3, -0.25) is 10.1 Å². The number of halogens is 1. The molecule has 0 saturated heterocycles. The topological polar surface area (TPSA) is 64.1 Å². The van der Waals surface area contributed by atoms with Crippen LogP contribution < -0.4 is 10.1 Å². The second-order valence-electron chi connectivity index (χ2n) is 4.26. The normalized spacial score (nSPS) is 10.2. The Morgan fingerprint density at radius 3 is 2.70 bits per heavy atom. The molecule has 0 aliphatic heterocycles. The zero-order valence-electron chi connectivity index (χ0n) is 11.2. The molecule has 1 aromatic carbocycles. The number of ether oxygens (including phenoxy) is 1.